The molecule has 0 saturated carbocycles. The number of hydrogen-bond donors (Lipinski definition) is 0. The third-order valence-corrected chi connectivity index (χ3v) is 9.53. The number of carbonyl (C=O) groups is 2. The molecule has 42 heavy (non-hydrogen) atoms. The van der Waals surface area contributed by atoms with E-state index in [-0.39, 0.29) is 24.4 Å². The maximum absolute atomic E-state index is 13.4. The van der Waals surface area contributed by atoms with Crippen LogP contribution in [-0.4, -0.2) is 62.2 Å². The maximum Gasteiger partial charge on any atom is 0.306 e. The molecule has 0 radical (unpaired) electrons. The molecular weight excluding hydrogens is 522 g/mol. The lowest BCUT2D eigenvalue weighted by Crippen LogP contribution is -2.62. The predicted molar refractivity (Wildman–Crippen MR) is 178 cm³/mol. The summed E-state index contributed by atoms with van der Waals surface area (Å²) in [5.41, 5.74) is 0. The molecule has 248 valence electrons. The van der Waals surface area contributed by atoms with Crippen LogP contribution in [0.25, 0.3) is 0 Å². The van der Waals surface area contributed by atoms with E-state index in [9.17, 15) is 9.59 Å². The summed E-state index contributed by atoms with van der Waals surface area (Å²) >= 11 is 0. The lowest BCUT2D eigenvalue weighted by atomic mass is 10.0. The van der Waals surface area contributed by atoms with Gasteiger partial charge in [-0.05, 0) is 12.8 Å². The molecular formula is C37H72NO4+. The molecule has 0 spiro atoms. The number of likely N-dealkylation sites (N-methyl/N-ethyl adjacent to an activating group) is 1. The summed E-state index contributed by atoms with van der Waals surface area (Å²) in [4.78, 5) is 25.9. The fraction of sp³-hybridized carbons (Fsp3) is 0.946. The lowest BCUT2D eigenvalue weighted by Gasteiger charge is -2.42. The topological polar surface area (TPSA) is 52.6 Å². The van der Waals surface area contributed by atoms with Crippen LogP contribution in [0.15, 0.2) is 0 Å². The van der Waals surface area contributed by atoms with Crippen LogP contribution in [0.5, 0.6) is 0 Å². The Hall–Kier alpha value is -0.940. The van der Waals surface area contributed by atoms with E-state index in [2.05, 4.69) is 20.9 Å². The highest BCUT2D eigenvalue weighted by Gasteiger charge is 2.40. The van der Waals surface area contributed by atoms with Crippen LogP contribution in [0.4, 0.5) is 0 Å². The summed E-state index contributed by atoms with van der Waals surface area (Å²) in [6.07, 6.45) is 32.0. The minimum absolute atomic E-state index is 0.135. The molecule has 0 amide bonds. The van der Waals surface area contributed by atoms with Gasteiger partial charge in [-0.2, -0.15) is 0 Å². The monoisotopic (exact) mass is 595 g/mol. The molecule has 1 fully saturated rings. The Morgan fingerprint density at radius 2 is 0.929 bits per heavy atom. The number of quaternary nitrogens is 1. The highest BCUT2D eigenvalue weighted by atomic mass is 16.5. The van der Waals surface area contributed by atoms with E-state index in [1.807, 2.05) is 0 Å². The van der Waals surface area contributed by atoms with Crippen LogP contribution in [0.1, 0.15) is 181 Å². The summed E-state index contributed by atoms with van der Waals surface area (Å²) in [6.45, 7) is 7.73. The number of Topliss-reactive ketones (excluding diaryl/α,β-unsaturated/α-hetero) is 1. The Bertz CT molecular complexity index is 631. The molecule has 0 unspecified atom stereocenters. The van der Waals surface area contributed by atoms with Gasteiger partial charge < -0.3 is 14.0 Å². The fourth-order valence-electron chi connectivity index (χ4n) is 6.35. The standard InChI is InChI=1S/C37H72NO4/c1-4-6-8-10-12-14-16-17-19-20-22-24-26-28-36(39)35(38(3)30-32-41-33-31-38)34-42-37(40)29-27-25-23-21-18-15-13-11-9-7-5-2/h35H,4-34H2,1-3H3/q+1/t35-/m0/s1. The van der Waals surface area contributed by atoms with Gasteiger partial charge in [-0.15, -0.1) is 0 Å². The molecule has 1 aliphatic heterocycles. The minimum atomic E-state index is -0.257. The summed E-state index contributed by atoms with van der Waals surface area (Å²) in [7, 11) is 2.15. The van der Waals surface area contributed by atoms with Crippen LogP contribution in [0.3, 0.4) is 0 Å². The van der Waals surface area contributed by atoms with E-state index in [1.54, 1.807) is 0 Å². The number of hydrogen-bond acceptors (Lipinski definition) is 4. The Kier molecular flexibility index (Phi) is 25.7. The number of morpholine rings is 1. The molecule has 0 aromatic rings. The molecule has 1 rings (SSSR count). The summed E-state index contributed by atoms with van der Waals surface area (Å²) in [6, 6.07) is -0.257. The molecule has 0 aromatic carbocycles. The van der Waals surface area contributed by atoms with Crippen LogP contribution < -0.4 is 0 Å². The first kappa shape index (κ1) is 39.1. The van der Waals surface area contributed by atoms with Crippen LogP contribution in [0, 0.1) is 0 Å². The number of ketones is 1. The average Bonchev–Trinajstić information content (AvgIpc) is 2.98. The normalized spacial score (nSPS) is 15.5. The van der Waals surface area contributed by atoms with E-state index < -0.39 is 0 Å². The van der Waals surface area contributed by atoms with Gasteiger partial charge in [0.25, 0.3) is 0 Å². The zero-order chi connectivity index (χ0) is 30.6. The Morgan fingerprint density at radius 3 is 1.33 bits per heavy atom. The van der Waals surface area contributed by atoms with E-state index in [4.69, 9.17) is 9.47 Å². The fourth-order valence-corrected chi connectivity index (χ4v) is 6.35. The number of unbranched alkanes of at least 4 members (excludes halogenated alkanes) is 22. The SMILES string of the molecule is CCCCCCCCCCCCCCCC(=O)[C@H](COC(=O)CCCCCCCCCCCCC)[N+]1(C)CCOCC1. The molecule has 0 aliphatic carbocycles. The number of rotatable bonds is 30. The van der Waals surface area contributed by atoms with Crippen molar-refractivity contribution in [2.75, 3.05) is 40.0 Å². The Labute approximate surface area is 261 Å². The Balaban J connectivity index is 2.20. The number of ether oxygens (including phenoxy) is 2. The second-order valence-corrected chi connectivity index (χ2v) is 13.5. The second-order valence-electron chi connectivity index (χ2n) is 13.5. The highest BCUT2D eigenvalue weighted by molar-refractivity contribution is 5.83. The van der Waals surface area contributed by atoms with Gasteiger partial charge in [0, 0.05) is 12.8 Å². The lowest BCUT2D eigenvalue weighted by molar-refractivity contribution is -0.931. The molecule has 0 bridgehead atoms. The number of carbonyl (C=O) groups excluding carboxylic acids is 2. The van der Waals surface area contributed by atoms with E-state index in [0.29, 0.717) is 30.5 Å². The van der Waals surface area contributed by atoms with E-state index in [0.717, 1.165) is 38.8 Å². The van der Waals surface area contributed by atoms with Crippen molar-refractivity contribution < 1.29 is 23.5 Å². The average molecular weight is 595 g/mol. The van der Waals surface area contributed by atoms with Gasteiger partial charge in [0.2, 0.25) is 0 Å². The van der Waals surface area contributed by atoms with Crippen molar-refractivity contribution in [3.63, 3.8) is 0 Å². The molecule has 5 nitrogen and oxygen atoms in total. The molecule has 1 aliphatic rings. The van der Waals surface area contributed by atoms with Gasteiger partial charge in [-0.25, -0.2) is 0 Å². The third kappa shape index (κ3) is 20.9. The largest absolute Gasteiger partial charge is 0.459 e. The van der Waals surface area contributed by atoms with Crippen LogP contribution in [-0.2, 0) is 19.1 Å². The van der Waals surface area contributed by atoms with Gasteiger partial charge in [0.1, 0.15) is 13.1 Å². The number of esters is 1. The molecule has 5 heteroatoms. The van der Waals surface area contributed by atoms with Crippen molar-refractivity contribution in [3.8, 4) is 0 Å². The van der Waals surface area contributed by atoms with Gasteiger partial charge in [0.15, 0.2) is 18.4 Å². The first-order valence-corrected chi connectivity index (χ1v) is 18.6. The van der Waals surface area contributed by atoms with E-state index in [1.165, 1.54) is 128 Å². The predicted octanol–water partition coefficient (Wildman–Crippen LogP) is 10.1. The van der Waals surface area contributed by atoms with Crippen molar-refractivity contribution in [3.05, 3.63) is 0 Å². The summed E-state index contributed by atoms with van der Waals surface area (Å²) < 4.78 is 12.0. The van der Waals surface area contributed by atoms with Gasteiger partial charge in [-0.3, -0.25) is 9.59 Å². The Morgan fingerprint density at radius 1 is 0.571 bits per heavy atom. The van der Waals surface area contributed by atoms with E-state index >= 15 is 0 Å². The molecule has 0 N–H and O–H groups in total. The van der Waals surface area contributed by atoms with Crippen molar-refractivity contribution in [1.82, 2.24) is 0 Å². The third-order valence-electron chi connectivity index (χ3n) is 9.53. The zero-order valence-corrected chi connectivity index (χ0v) is 28.6. The van der Waals surface area contributed by atoms with Crippen LogP contribution >= 0.6 is 0 Å². The van der Waals surface area contributed by atoms with Gasteiger partial charge in [0.05, 0.1) is 20.3 Å². The minimum Gasteiger partial charge on any atom is -0.459 e. The van der Waals surface area contributed by atoms with Gasteiger partial charge in [-0.1, -0.05) is 155 Å². The molecule has 0 aromatic heterocycles. The second kappa shape index (κ2) is 27.6. The summed E-state index contributed by atoms with van der Waals surface area (Å²) in [5.74, 6) is 0.134. The number of nitrogens with zero attached hydrogens (tertiary/aromatic N) is 1. The molecule has 1 heterocycles. The van der Waals surface area contributed by atoms with Crippen molar-refractivity contribution in [1.29, 1.82) is 0 Å². The van der Waals surface area contributed by atoms with Crippen LogP contribution in [0.2, 0.25) is 0 Å². The quantitative estimate of drug-likeness (QED) is 0.0472. The molecule has 1 saturated heterocycles. The highest BCUT2D eigenvalue weighted by Crippen LogP contribution is 2.20. The van der Waals surface area contributed by atoms with Crippen molar-refractivity contribution in [2.45, 2.75) is 187 Å². The first-order chi connectivity index (χ1) is 20.5. The van der Waals surface area contributed by atoms with Crippen molar-refractivity contribution >= 4 is 11.8 Å². The summed E-state index contributed by atoms with van der Waals surface area (Å²) in [5, 5.41) is 0. The van der Waals surface area contributed by atoms with Crippen molar-refractivity contribution in [2.24, 2.45) is 0 Å². The van der Waals surface area contributed by atoms with Gasteiger partial charge >= 0.3 is 5.97 Å². The zero-order valence-electron chi connectivity index (χ0n) is 28.6. The first-order valence-electron chi connectivity index (χ1n) is 18.6. The maximum atomic E-state index is 13.4. The smallest absolute Gasteiger partial charge is 0.306 e. The molecule has 1 atom stereocenters.